The highest BCUT2D eigenvalue weighted by Crippen LogP contribution is 2.28. The standard InChI is InChI=1S/C33H66O10S3Si3/c1-8-32(34)46-17-12-20-49(42-26-31(6)27-43-49)41-25-30(5)23-38-47(7,18-11-16-44)37-22-29(4)24-40-48(19-10-14-35-33(45)9-2)36-15-13-28(3)21-39-48/h28-31,44H,8-27H2,1-7H3. The molecular formula is C33H66O10S3Si3. The highest BCUT2D eigenvalue weighted by atomic mass is 32.2. The SMILES string of the molecule is CCC(=O)SCCC[Si]1(OCC(C)CO[Si](C)(CCCS)OCC(C)CO[Si]2(CCCOC(=S)CC)OCCC(C)CO2)OCC(C)CO1. The minimum atomic E-state index is -2.85. The molecule has 5 unspecified atom stereocenters. The Labute approximate surface area is 315 Å². The molecule has 0 aliphatic carbocycles. The van der Waals surface area contributed by atoms with Gasteiger partial charge in [0, 0.05) is 101 Å². The van der Waals surface area contributed by atoms with Crippen molar-refractivity contribution in [3.8, 4) is 0 Å². The number of thiol groups is 1. The van der Waals surface area contributed by atoms with Crippen molar-refractivity contribution >= 4 is 72.9 Å². The molecule has 0 aromatic rings. The molecule has 10 nitrogen and oxygen atoms in total. The summed E-state index contributed by atoms with van der Waals surface area (Å²) in [5, 5.41) is 0.848. The van der Waals surface area contributed by atoms with Crippen LogP contribution in [0, 0.1) is 23.7 Å². The molecule has 0 aromatic heterocycles. The van der Waals surface area contributed by atoms with Crippen LogP contribution in [0.2, 0.25) is 24.7 Å². The molecule has 2 heterocycles. The van der Waals surface area contributed by atoms with Gasteiger partial charge in [-0.15, -0.1) is 0 Å². The number of ether oxygens (including phenoxy) is 1. The second-order valence-electron chi connectivity index (χ2n) is 13.9. The van der Waals surface area contributed by atoms with Gasteiger partial charge < -0.3 is 40.1 Å². The molecule has 0 N–H and O–H groups in total. The van der Waals surface area contributed by atoms with Crippen LogP contribution in [-0.2, 0) is 44.9 Å². The maximum atomic E-state index is 11.7. The molecule has 288 valence electrons. The quantitative estimate of drug-likeness (QED) is 0.0427. The predicted molar refractivity (Wildman–Crippen MR) is 211 cm³/mol. The number of hydrogen-bond donors (Lipinski definition) is 1. The van der Waals surface area contributed by atoms with Crippen LogP contribution in [0.3, 0.4) is 0 Å². The average Bonchev–Trinajstić information content (AvgIpc) is 3.29. The maximum absolute atomic E-state index is 11.7. The molecule has 2 aliphatic heterocycles. The highest BCUT2D eigenvalue weighted by Gasteiger charge is 2.45. The van der Waals surface area contributed by atoms with E-state index >= 15 is 0 Å². The lowest BCUT2D eigenvalue weighted by atomic mass is 10.1. The lowest BCUT2D eigenvalue weighted by molar-refractivity contribution is -0.110. The van der Waals surface area contributed by atoms with Crippen molar-refractivity contribution in [2.75, 3.05) is 71.0 Å². The van der Waals surface area contributed by atoms with Gasteiger partial charge in [0.1, 0.15) is 0 Å². The summed E-state index contributed by atoms with van der Waals surface area (Å²) in [5.41, 5.74) is 0. The van der Waals surface area contributed by atoms with Crippen molar-refractivity contribution in [1.29, 1.82) is 0 Å². The summed E-state index contributed by atoms with van der Waals surface area (Å²) in [6.45, 7) is 19.8. The summed E-state index contributed by atoms with van der Waals surface area (Å²) in [6, 6.07) is 2.28. The molecule has 2 fully saturated rings. The van der Waals surface area contributed by atoms with Gasteiger partial charge in [0.2, 0.25) is 0 Å². The molecule has 16 heteroatoms. The molecule has 0 amide bonds. The Kier molecular flexibility index (Phi) is 23.2. The monoisotopic (exact) mass is 802 g/mol. The lowest BCUT2D eigenvalue weighted by Gasteiger charge is -2.36. The van der Waals surface area contributed by atoms with Gasteiger partial charge in [0.25, 0.3) is 0 Å². The minimum absolute atomic E-state index is 0.132. The van der Waals surface area contributed by atoms with E-state index in [9.17, 15) is 4.79 Å². The second-order valence-corrected chi connectivity index (χ2v) is 24.8. The molecule has 0 radical (unpaired) electrons. The van der Waals surface area contributed by atoms with Gasteiger partial charge in [-0.05, 0) is 62.2 Å². The van der Waals surface area contributed by atoms with Gasteiger partial charge in [-0.25, -0.2) is 0 Å². The van der Waals surface area contributed by atoms with Crippen molar-refractivity contribution < 1.29 is 44.9 Å². The predicted octanol–water partition coefficient (Wildman–Crippen LogP) is 7.55. The topological polar surface area (TPSA) is 100 Å². The Hall–Kier alpha value is 0.591. The summed E-state index contributed by atoms with van der Waals surface area (Å²) in [7, 11) is -8.16. The van der Waals surface area contributed by atoms with E-state index in [0.29, 0.717) is 94.9 Å². The molecule has 0 saturated carbocycles. The van der Waals surface area contributed by atoms with Crippen molar-refractivity contribution in [3.63, 3.8) is 0 Å². The molecule has 0 aromatic carbocycles. The van der Waals surface area contributed by atoms with Gasteiger partial charge in [-0.2, -0.15) is 12.6 Å². The van der Waals surface area contributed by atoms with E-state index in [0.717, 1.165) is 49.7 Å². The fourth-order valence-electron chi connectivity index (χ4n) is 5.05. The Morgan fingerprint density at radius 2 is 1.45 bits per heavy atom. The zero-order valence-electron chi connectivity index (χ0n) is 31.3. The fraction of sp³-hybridized carbons (Fsp3) is 0.939. The number of hydrogen-bond acceptors (Lipinski definition) is 13. The van der Waals surface area contributed by atoms with E-state index in [-0.39, 0.29) is 17.0 Å². The summed E-state index contributed by atoms with van der Waals surface area (Å²) in [6.07, 6.45) is 4.78. The first-order valence-corrected chi connectivity index (χ1v) is 26.8. The van der Waals surface area contributed by atoms with E-state index < -0.39 is 26.2 Å². The Bertz CT molecular complexity index is 936. The molecule has 2 saturated heterocycles. The van der Waals surface area contributed by atoms with Crippen LogP contribution in [-0.4, -0.2) is 107 Å². The number of carbonyl (C=O) groups excluding carboxylic acids is 1. The van der Waals surface area contributed by atoms with Crippen LogP contribution >= 0.6 is 36.6 Å². The zero-order chi connectivity index (χ0) is 36.2. The summed E-state index contributed by atoms with van der Waals surface area (Å²) < 4.78 is 57.0. The van der Waals surface area contributed by atoms with Crippen LogP contribution in [0.1, 0.15) is 80.1 Å². The van der Waals surface area contributed by atoms with Crippen molar-refractivity contribution in [1.82, 2.24) is 0 Å². The van der Waals surface area contributed by atoms with E-state index in [4.69, 9.17) is 52.4 Å². The fourth-order valence-corrected chi connectivity index (χ4v) is 14.7. The molecule has 5 atom stereocenters. The second kappa shape index (κ2) is 24.8. The Balaban J connectivity index is 1.89. The normalized spacial score (nSPS) is 27.2. The molecular weight excluding hydrogens is 737 g/mol. The number of rotatable bonds is 25. The Morgan fingerprint density at radius 3 is 2.02 bits per heavy atom. The van der Waals surface area contributed by atoms with Gasteiger partial charge in [-0.3, -0.25) is 4.79 Å². The van der Waals surface area contributed by atoms with Gasteiger partial charge >= 0.3 is 26.2 Å². The van der Waals surface area contributed by atoms with E-state index in [1.807, 2.05) is 13.8 Å². The van der Waals surface area contributed by atoms with Crippen LogP contribution in [0.5, 0.6) is 0 Å². The van der Waals surface area contributed by atoms with Crippen molar-refractivity contribution in [2.45, 2.75) is 105 Å². The van der Waals surface area contributed by atoms with E-state index in [2.05, 4.69) is 46.9 Å². The highest BCUT2D eigenvalue weighted by molar-refractivity contribution is 8.13. The van der Waals surface area contributed by atoms with Crippen LogP contribution in [0.25, 0.3) is 0 Å². The van der Waals surface area contributed by atoms with E-state index in [1.54, 1.807) is 0 Å². The third kappa shape index (κ3) is 19.0. The number of thioether (sulfide) groups is 1. The van der Waals surface area contributed by atoms with Crippen molar-refractivity contribution in [2.24, 2.45) is 23.7 Å². The molecule has 0 bridgehead atoms. The van der Waals surface area contributed by atoms with E-state index in [1.165, 1.54) is 11.8 Å². The van der Waals surface area contributed by atoms with Gasteiger partial charge in [-0.1, -0.05) is 53.3 Å². The average molecular weight is 803 g/mol. The minimum Gasteiger partial charge on any atom is -0.487 e. The lowest BCUT2D eigenvalue weighted by Crippen LogP contribution is -2.52. The smallest absolute Gasteiger partial charge is 0.487 e. The third-order valence-electron chi connectivity index (χ3n) is 8.36. The molecule has 2 aliphatic rings. The summed E-state index contributed by atoms with van der Waals surface area (Å²) in [5.74, 6) is 2.59. The first kappa shape index (κ1) is 45.7. The summed E-state index contributed by atoms with van der Waals surface area (Å²) in [4.78, 5) is 11.7. The maximum Gasteiger partial charge on any atom is 0.501 e. The first-order valence-electron chi connectivity index (χ1n) is 18.4. The van der Waals surface area contributed by atoms with Gasteiger partial charge in [0.05, 0.1) is 6.61 Å². The zero-order valence-corrected chi connectivity index (χ0v) is 36.8. The van der Waals surface area contributed by atoms with Crippen molar-refractivity contribution in [3.05, 3.63) is 0 Å². The van der Waals surface area contributed by atoms with Crippen LogP contribution in [0.4, 0.5) is 0 Å². The third-order valence-corrected chi connectivity index (χ3v) is 18.6. The van der Waals surface area contributed by atoms with Crippen LogP contribution < -0.4 is 0 Å². The number of carbonyl (C=O) groups is 1. The molecule has 2 rings (SSSR count). The van der Waals surface area contributed by atoms with Crippen LogP contribution in [0.15, 0.2) is 0 Å². The summed E-state index contributed by atoms with van der Waals surface area (Å²) >= 11 is 11.1. The molecule has 0 spiro atoms. The van der Waals surface area contributed by atoms with Gasteiger partial charge in [0.15, 0.2) is 10.2 Å². The largest absolute Gasteiger partial charge is 0.501 e. The first-order chi connectivity index (χ1) is 23.4. The Morgan fingerprint density at radius 1 is 0.878 bits per heavy atom. The number of thiocarbonyl (C=S) groups is 1. The molecule has 49 heavy (non-hydrogen) atoms.